The Labute approximate surface area is 209 Å². The molecule has 4 rings (SSSR count). The van der Waals surface area contributed by atoms with Crippen molar-refractivity contribution in [3.8, 4) is 5.75 Å². The summed E-state index contributed by atoms with van der Waals surface area (Å²) in [7, 11) is 0. The van der Waals surface area contributed by atoms with Gasteiger partial charge in [-0.2, -0.15) is 0 Å². The van der Waals surface area contributed by atoms with Gasteiger partial charge in [-0.3, -0.25) is 4.90 Å². The molecule has 1 saturated heterocycles. The van der Waals surface area contributed by atoms with Crippen LogP contribution in [0.15, 0.2) is 96.6 Å². The van der Waals surface area contributed by atoms with Gasteiger partial charge in [-0.25, -0.2) is 0 Å². The van der Waals surface area contributed by atoms with E-state index in [0.29, 0.717) is 12.6 Å². The van der Waals surface area contributed by atoms with E-state index in [1.807, 2.05) is 24.3 Å². The predicted molar refractivity (Wildman–Crippen MR) is 144 cm³/mol. The summed E-state index contributed by atoms with van der Waals surface area (Å²) in [5, 5.41) is 0. The highest BCUT2D eigenvalue weighted by atomic mass is 35.5. The van der Waals surface area contributed by atoms with Crippen LogP contribution in [0.1, 0.15) is 43.3 Å². The lowest BCUT2D eigenvalue weighted by Gasteiger charge is -2.42. The summed E-state index contributed by atoms with van der Waals surface area (Å²) in [6, 6.07) is 29.7. The van der Waals surface area contributed by atoms with E-state index < -0.39 is 0 Å². The third-order valence-electron chi connectivity index (χ3n) is 6.38. The Bertz CT molecular complexity index is 1030. The lowest BCUT2D eigenvalue weighted by Crippen LogP contribution is -2.48. The third-order valence-corrected chi connectivity index (χ3v) is 6.90. The van der Waals surface area contributed by atoms with Crippen LogP contribution >= 0.6 is 11.6 Å². The molecule has 0 aromatic heterocycles. The molecule has 1 fully saturated rings. The predicted octanol–water partition coefficient (Wildman–Crippen LogP) is 7.44. The number of rotatable bonds is 9. The molecule has 3 aromatic rings. The SMILES string of the molecule is CC(C)=CCN(c1ccc(OCc2ccccc2)cc1)C1CCCN(C(Cl)c2ccccc2)C1. The van der Waals surface area contributed by atoms with E-state index in [0.717, 1.165) is 38.2 Å². The maximum Gasteiger partial charge on any atom is 0.119 e. The number of ether oxygens (including phenoxy) is 1. The largest absolute Gasteiger partial charge is 0.489 e. The summed E-state index contributed by atoms with van der Waals surface area (Å²) in [5.74, 6) is 0.893. The van der Waals surface area contributed by atoms with Crippen LogP contribution in [0.4, 0.5) is 5.69 Å². The van der Waals surface area contributed by atoms with Gasteiger partial charge in [-0.15, -0.1) is 11.6 Å². The number of allylic oxidation sites excluding steroid dienone is 1. The lowest BCUT2D eigenvalue weighted by atomic mass is 10.0. The van der Waals surface area contributed by atoms with E-state index in [1.165, 1.54) is 22.4 Å². The minimum absolute atomic E-state index is 0.0944. The highest BCUT2D eigenvalue weighted by Crippen LogP contribution is 2.31. The van der Waals surface area contributed by atoms with Crippen molar-refractivity contribution in [2.24, 2.45) is 0 Å². The Morgan fingerprint density at radius 3 is 2.35 bits per heavy atom. The summed E-state index contributed by atoms with van der Waals surface area (Å²) in [4.78, 5) is 4.94. The molecule has 0 saturated carbocycles. The molecule has 4 heteroatoms. The molecule has 2 unspecified atom stereocenters. The molecule has 0 amide bonds. The van der Waals surface area contributed by atoms with Crippen LogP contribution in [0.2, 0.25) is 0 Å². The van der Waals surface area contributed by atoms with Gasteiger partial charge in [0.2, 0.25) is 0 Å². The number of anilines is 1. The number of likely N-dealkylation sites (tertiary alicyclic amines) is 1. The zero-order valence-electron chi connectivity index (χ0n) is 20.2. The van der Waals surface area contributed by atoms with Gasteiger partial charge in [0.25, 0.3) is 0 Å². The first-order chi connectivity index (χ1) is 16.6. The standard InChI is InChI=1S/C30H35ClN2O/c1-24(2)19-21-33(27-15-17-29(18-16-27)34-23-25-10-5-3-6-11-25)28-14-9-20-32(22-28)30(31)26-12-7-4-8-13-26/h3-8,10-13,15-19,28,30H,9,14,20-23H2,1-2H3. The van der Waals surface area contributed by atoms with Crippen molar-refractivity contribution >= 4 is 17.3 Å². The van der Waals surface area contributed by atoms with Gasteiger partial charge in [-0.05, 0) is 62.1 Å². The molecule has 0 aliphatic carbocycles. The fraction of sp³-hybridized carbons (Fsp3) is 0.333. The van der Waals surface area contributed by atoms with Gasteiger partial charge in [0.15, 0.2) is 0 Å². The normalized spacial score (nSPS) is 17.1. The van der Waals surface area contributed by atoms with E-state index in [-0.39, 0.29) is 5.50 Å². The molecule has 178 valence electrons. The molecule has 1 aliphatic heterocycles. The van der Waals surface area contributed by atoms with Gasteiger partial charge >= 0.3 is 0 Å². The zero-order chi connectivity index (χ0) is 23.8. The second-order valence-corrected chi connectivity index (χ2v) is 9.65. The Kier molecular flexibility index (Phi) is 8.67. The van der Waals surface area contributed by atoms with Crippen molar-refractivity contribution in [1.82, 2.24) is 4.90 Å². The number of hydrogen-bond acceptors (Lipinski definition) is 3. The van der Waals surface area contributed by atoms with Crippen LogP contribution in [0.5, 0.6) is 5.75 Å². The van der Waals surface area contributed by atoms with E-state index in [2.05, 4.69) is 90.4 Å². The van der Waals surface area contributed by atoms with Crippen LogP contribution in [-0.4, -0.2) is 30.6 Å². The molecule has 1 heterocycles. The Morgan fingerprint density at radius 1 is 1.00 bits per heavy atom. The summed E-state index contributed by atoms with van der Waals surface area (Å²) in [6.45, 7) is 7.78. The minimum atomic E-state index is -0.0944. The van der Waals surface area contributed by atoms with Crippen LogP contribution in [0.25, 0.3) is 0 Å². The van der Waals surface area contributed by atoms with Gasteiger partial charge in [0.05, 0.1) is 0 Å². The highest BCUT2D eigenvalue weighted by molar-refractivity contribution is 6.20. The number of nitrogens with zero attached hydrogens (tertiary/aromatic N) is 2. The monoisotopic (exact) mass is 474 g/mol. The fourth-order valence-electron chi connectivity index (χ4n) is 4.49. The molecule has 34 heavy (non-hydrogen) atoms. The maximum atomic E-state index is 6.91. The molecule has 0 spiro atoms. The smallest absolute Gasteiger partial charge is 0.119 e. The molecule has 0 N–H and O–H groups in total. The number of alkyl halides is 1. The van der Waals surface area contributed by atoms with Crippen molar-refractivity contribution in [1.29, 1.82) is 0 Å². The molecular weight excluding hydrogens is 440 g/mol. The Hall–Kier alpha value is -2.75. The lowest BCUT2D eigenvalue weighted by molar-refractivity contribution is 0.188. The molecular formula is C30H35ClN2O. The van der Waals surface area contributed by atoms with E-state index in [1.54, 1.807) is 0 Å². The molecule has 2 atom stereocenters. The van der Waals surface area contributed by atoms with Crippen molar-refractivity contribution in [2.75, 3.05) is 24.5 Å². The topological polar surface area (TPSA) is 15.7 Å². The third kappa shape index (κ3) is 6.65. The molecule has 0 radical (unpaired) electrons. The number of hydrogen-bond donors (Lipinski definition) is 0. The van der Waals surface area contributed by atoms with Crippen molar-refractivity contribution in [2.45, 2.75) is 44.8 Å². The number of piperidine rings is 1. The first-order valence-corrected chi connectivity index (χ1v) is 12.6. The van der Waals surface area contributed by atoms with E-state index in [9.17, 15) is 0 Å². The summed E-state index contributed by atoms with van der Waals surface area (Å²) in [6.07, 6.45) is 4.62. The van der Waals surface area contributed by atoms with E-state index >= 15 is 0 Å². The average molecular weight is 475 g/mol. The van der Waals surface area contributed by atoms with Crippen molar-refractivity contribution in [3.63, 3.8) is 0 Å². The van der Waals surface area contributed by atoms with Gasteiger partial charge in [-0.1, -0.05) is 72.3 Å². The van der Waals surface area contributed by atoms with E-state index in [4.69, 9.17) is 16.3 Å². The molecule has 3 aromatic carbocycles. The van der Waals surface area contributed by atoms with Crippen molar-refractivity contribution < 1.29 is 4.74 Å². The second kappa shape index (κ2) is 12.1. The van der Waals surface area contributed by atoms with Crippen LogP contribution in [0.3, 0.4) is 0 Å². The quantitative estimate of drug-likeness (QED) is 0.182. The first kappa shape index (κ1) is 24.4. The Morgan fingerprint density at radius 2 is 1.68 bits per heavy atom. The van der Waals surface area contributed by atoms with Crippen LogP contribution in [-0.2, 0) is 6.61 Å². The minimum Gasteiger partial charge on any atom is -0.489 e. The fourth-order valence-corrected chi connectivity index (χ4v) is 4.81. The summed E-state index contributed by atoms with van der Waals surface area (Å²) < 4.78 is 6.01. The maximum absolute atomic E-state index is 6.91. The molecule has 3 nitrogen and oxygen atoms in total. The molecule has 0 bridgehead atoms. The zero-order valence-corrected chi connectivity index (χ0v) is 21.0. The average Bonchev–Trinajstić information content (AvgIpc) is 2.89. The Balaban J connectivity index is 1.47. The summed E-state index contributed by atoms with van der Waals surface area (Å²) >= 11 is 6.91. The number of benzene rings is 3. The highest BCUT2D eigenvalue weighted by Gasteiger charge is 2.29. The van der Waals surface area contributed by atoms with Crippen LogP contribution in [0, 0.1) is 0 Å². The van der Waals surface area contributed by atoms with Crippen molar-refractivity contribution in [3.05, 3.63) is 108 Å². The van der Waals surface area contributed by atoms with Gasteiger partial charge in [0, 0.05) is 31.4 Å². The first-order valence-electron chi connectivity index (χ1n) is 12.2. The number of halogens is 1. The van der Waals surface area contributed by atoms with Crippen LogP contribution < -0.4 is 9.64 Å². The second-order valence-electron chi connectivity index (χ2n) is 9.24. The molecule has 1 aliphatic rings. The van der Waals surface area contributed by atoms with Gasteiger partial charge < -0.3 is 9.64 Å². The summed E-state index contributed by atoms with van der Waals surface area (Å²) in [5.41, 5.74) is 4.80. The van der Waals surface area contributed by atoms with Gasteiger partial charge in [0.1, 0.15) is 17.9 Å².